The van der Waals surface area contributed by atoms with Crippen LogP contribution in [0.15, 0.2) is 29.1 Å². The maximum atomic E-state index is 11.1. The van der Waals surface area contributed by atoms with Crippen LogP contribution in [0.1, 0.15) is 27.3 Å². The average molecular weight is 286 g/mol. The number of nitrogens with zero attached hydrogens (tertiary/aromatic N) is 2. The topological polar surface area (TPSA) is 55.1 Å². The summed E-state index contributed by atoms with van der Waals surface area (Å²) < 4.78 is 2.19. The van der Waals surface area contributed by atoms with Crippen molar-refractivity contribution in [2.45, 2.75) is 20.4 Å². The third kappa shape index (κ3) is 2.00. The molecule has 102 valence electrons. The summed E-state index contributed by atoms with van der Waals surface area (Å²) in [5.74, 6) is -0.892. The van der Waals surface area contributed by atoms with Crippen molar-refractivity contribution in [1.82, 2.24) is 9.55 Å². The highest BCUT2D eigenvalue weighted by Gasteiger charge is 2.14. The number of carboxylic acids is 1. The van der Waals surface area contributed by atoms with E-state index >= 15 is 0 Å². The Bertz CT molecular complexity index is 788. The van der Waals surface area contributed by atoms with Crippen LogP contribution in [-0.4, -0.2) is 20.6 Å². The predicted octanol–water partition coefficient (Wildman–Crippen LogP) is 3.46. The molecule has 0 atom stereocenters. The van der Waals surface area contributed by atoms with Crippen molar-refractivity contribution < 1.29 is 9.90 Å². The Morgan fingerprint density at radius 2 is 2.20 bits per heavy atom. The van der Waals surface area contributed by atoms with Gasteiger partial charge in [0.25, 0.3) is 0 Å². The Morgan fingerprint density at radius 3 is 2.85 bits per heavy atom. The fraction of sp³-hybridized carbons (Fsp3) is 0.200. The number of carboxylic acid groups (broad SMARTS) is 1. The summed E-state index contributed by atoms with van der Waals surface area (Å²) in [6.07, 6.45) is 0. The molecule has 0 aliphatic rings. The molecule has 5 heteroatoms. The molecule has 0 spiro atoms. The summed E-state index contributed by atoms with van der Waals surface area (Å²) in [4.78, 5) is 15.4. The van der Waals surface area contributed by atoms with Crippen molar-refractivity contribution in [3.8, 4) is 0 Å². The molecule has 4 nitrogen and oxygen atoms in total. The Labute approximate surface area is 120 Å². The van der Waals surface area contributed by atoms with Gasteiger partial charge < -0.3 is 9.67 Å². The van der Waals surface area contributed by atoms with Crippen LogP contribution in [0.3, 0.4) is 0 Å². The van der Waals surface area contributed by atoms with Crippen LogP contribution < -0.4 is 0 Å². The first-order valence-electron chi connectivity index (χ1n) is 6.27. The van der Waals surface area contributed by atoms with E-state index in [0.29, 0.717) is 12.1 Å². The van der Waals surface area contributed by atoms with E-state index < -0.39 is 5.97 Å². The normalized spacial score (nSPS) is 11.1. The number of thiazole rings is 1. The van der Waals surface area contributed by atoms with Gasteiger partial charge in [-0.3, -0.25) is 0 Å². The second-order valence-corrected chi connectivity index (χ2v) is 5.53. The van der Waals surface area contributed by atoms with Gasteiger partial charge in [-0.1, -0.05) is 0 Å². The van der Waals surface area contributed by atoms with Crippen LogP contribution in [0.25, 0.3) is 10.9 Å². The molecule has 0 aliphatic carbocycles. The molecule has 3 rings (SSSR count). The van der Waals surface area contributed by atoms with Crippen molar-refractivity contribution in [3.63, 3.8) is 0 Å². The number of aromatic carboxylic acids is 1. The smallest absolute Gasteiger partial charge is 0.335 e. The van der Waals surface area contributed by atoms with E-state index in [1.165, 1.54) is 0 Å². The Morgan fingerprint density at radius 1 is 1.40 bits per heavy atom. The molecule has 0 radical (unpaired) electrons. The van der Waals surface area contributed by atoms with Crippen LogP contribution in [-0.2, 0) is 6.54 Å². The molecule has 20 heavy (non-hydrogen) atoms. The van der Waals surface area contributed by atoms with E-state index in [2.05, 4.69) is 16.5 Å². The quantitative estimate of drug-likeness (QED) is 0.802. The van der Waals surface area contributed by atoms with Gasteiger partial charge in [-0.15, -0.1) is 11.3 Å². The van der Waals surface area contributed by atoms with Crippen molar-refractivity contribution >= 4 is 28.2 Å². The van der Waals surface area contributed by atoms with Gasteiger partial charge in [0.05, 0.1) is 23.3 Å². The van der Waals surface area contributed by atoms with Crippen LogP contribution >= 0.6 is 11.3 Å². The summed E-state index contributed by atoms with van der Waals surface area (Å²) in [6.45, 7) is 4.80. The third-order valence-corrected chi connectivity index (χ3v) is 4.32. The van der Waals surface area contributed by atoms with Crippen molar-refractivity contribution in [1.29, 1.82) is 0 Å². The largest absolute Gasteiger partial charge is 0.478 e. The first-order chi connectivity index (χ1) is 9.58. The lowest BCUT2D eigenvalue weighted by Crippen LogP contribution is -2.02. The van der Waals surface area contributed by atoms with E-state index in [1.807, 2.05) is 23.9 Å². The van der Waals surface area contributed by atoms with E-state index in [1.54, 1.807) is 23.5 Å². The molecule has 0 amide bonds. The van der Waals surface area contributed by atoms with Gasteiger partial charge in [0.1, 0.15) is 0 Å². The second-order valence-electron chi connectivity index (χ2n) is 4.81. The summed E-state index contributed by atoms with van der Waals surface area (Å²) in [5.41, 5.74) is 6.50. The van der Waals surface area contributed by atoms with Crippen LogP contribution in [0.2, 0.25) is 0 Å². The molecule has 2 heterocycles. The highest BCUT2D eigenvalue weighted by Crippen LogP contribution is 2.27. The highest BCUT2D eigenvalue weighted by molar-refractivity contribution is 7.07. The van der Waals surface area contributed by atoms with Crippen molar-refractivity contribution in [2.24, 2.45) is 0 Å². The molecular formula is C15H14N2O2S. The van der Waals surface area contributed by atoms with E-state index in [0.717, 1.165) is 27.9 Å². The second kappa shape index (κ2) is 4.76. The Balaban J connectivity index is 2.17. The predicted molar refractivity (Wildman–Crippen MR) is 79.6 cm³/mol. The molecule has 0 bridgehead atoms. The number of rotatable bonds is 3. The van der Waals surface area contributed by atoms with E-state index in [-0.39, 0.29) is 0 Å². The summed E-state index contributed by atoms with van der Waals surface area (Å²) in [5, 5.41) is 12.1. The van der Waals surface area contributed by atoms with Crippen molar-refractivity contribution in [2.75, 3.05) is 0 Å². The number of carbonyl (C=O) groups is 1. The number of aromatic nitrogens is 2. The molecule has 2 aromatic heterocycles. The van der Waals surface area contributed by atoms with Crippen LogP contribution in [0.5, 0.6) is 0 Å². The first kappa shape index (κ1) is 12.9. The lowest BCUT2D eigenvalue weighted by molar-refractivity contribution is 0.0697. The monoisotopic (exact) mass is 286 g/mol. The van der Waals surface area contributed by atoms with Gasteiger partial charge in [0.15, 0.2) is 0 Å². The van der Waals surface area contributed by atoms with Crippen molar-refractivity contribution in [3.05, 3.63) is 51.6 Å². The zero-order chi connectivity index (χ0) is 14.3. The first-order valence-corrected chi connectivity index (χ1v) is 7.22. The number of fused-ring (bicyclic) bond motifs is 1. The minimum Gasteiger partial charge on any atom is -0.478 e. The van der Waals surface area contributed by atoms with E-state index in [4.69, 9.17) is 5.11 Å². The van der Waals surface area contributed by atoms with Gasteiger partial charge in [-0.05, 0) is 37.6 Å². The molecule has 0 unspecified atom stereocenters. The zero-order valence-electron chi connectivity index (χ0n) is 11.3. The van der Waals surface area contributed by atoms with Gasteiger partial charge in [-0.25, -0.2) is 9.78 Å². The Kier molecular flexibility index (Phi) is 3.06. The molecule has 1 aromatic carbocycles. The SMILES string of the molecule is Cc1c(C)n(Cc2cscn2)c2ccc(C(=O)O)cc12. The molecule has 3 aromatic rings. The number of hydrogen-bond donors (Lipinski definition) is 1. The van der Waals surface area contributed by atoms with Gasteiger partial charge >= 0.3 is 5.97 Å². The third-order valence-electron chi connectivity index (χ3n) is 3.69. The van der Waals surface area contributed by atoms with Gasteiger partial charge in [0.2, 0.25) is 0 Å². The minimum atomic E-state index is -0.892. The van der Waals surface area contributed by atoms with Gasteiger partial charge in [0, 0.05) is 22.0 Å². The number of aryl methyl sites for hydroxylation is 1. The lowest BCUT2D eigenvalue weighted by atomic mass is 10.1. The zero-order valence-corrected chi connectivity index (χ0v) is 12.1. The van der Waals surface area contributed by atoms with Crippen LogP contribution in [0, 0.1) is 13.8 Å². The molecular weight excluding hydrogens is 272 g/mol. The van der Waals surface area contributed by atoms with Gasteiger partial charge in [-0.2, -0.15) is 0 Å². The maximum Gasteiger partial charge on any atom is 0.335 e. The molecule has 0 saturated carbocycles. The average Bonchev–Trinajstić information content (AvgIpc) is 3.02. The maximum absolute atomic E-state index is 11.1. The summed E-state index contributed by atoms with van der Waals surface area (Å²) >= 11 is 1.58. The minimum absolute atomic E-state index is 0.325. The highest BCUT2D eigenvalue weighted by atomic mass is 32.1. The molecule has 0 saturated heterocycles. The van der Waals surface area contributed by atoms with Crippen LogP contribution in [0.4, 0.5) is 0 Å². The standard InChI is InChI=1S/C15H14N2O2S/c1-9-10(2)17(6-12-7-20-8-16-12)14-4-3-11(15(18)19)5-13(9)14/h3-5,7-8H,6H2,1-2H3,(H,18,19). The summed E-state index contributed by atoms with van der Waals surface area (Å²) in [7, 11) is 0. The number of benzene rings is 1. The summed E-state index contributed by atoms with van der Waals surface area (Å²) in [6, 6.07) is 5.28. The Hall–Kier alpha value is -2.14. The van der Waals surface area contributed by atoms with E-state index in [9.17, 15) is 4.79 Å². The molecule has 1 N–H and O–H groups in total. The fourth-order valence-corrected chi connectivity index (χ4v) is 3.01. The fourth-order valence-electron chi connectivity index (χ4n) is 2.46. The molecule has 0 aliphatic heterocycles. The lowest BCUT2D eigenvalue weighted by Gasteiger charge is -2.06. The number of hydrogen-bond acceptors (Lipinski definition) is 3. The molecule has 0 fully saturated rings.